The molecule has 1 aromatic carbocycles. The van der Waals surface area contributed by atoms with Crippen molar-refractivity contribution < 1.29 is 14.2 Å². The summed E-state index contributed by atoms with van der Waals surface area (Å²) < 4.78 is 15.7. The normalized spacial score (nSPS) is 10.7. The van der Waals surface area contributed by atoms with E-state index in [1.165, 1.54) is 0 Å². The molecule has 120 valence electrons. The number of rotatable bonds is 6. The van der Waals surface area contributed by atoms with Gasteiger partial charge in [0.05, 0.1) is 20.4 Å². The molecule has 0 bridgehead atoms. The van der Waals surface area contributed by atoms with Crippen LogP contribution in [0.25, 0.3) is 11.0 Å². The lowest BCUT2D eigenvalue weighted by molar-refractivity contribution is 0.178. The number of aromatic nitrogens is 4. The molecule has 2 N–H and O–H groups in total. The third-order valence-electron chi connectivity index (χ3n) is 3.27. The smallest absolute Gasteiger partial charge is 0.162 e. The Kier molecular flexibility index (Phi) is 4.24. The van der Waals surface area contributed by atoms with Crippen LogP contribution < -0.4 is 14.8 Å². The number of hydrogen-bond acceptors (Lipinski definition) is 7. The van der Waals surface area contributed by atoms with Crippen molar-refractivity contribution in [3.63, 3.8) is 0 Å². The summed E-state index contributed by atoms with van der Waals surface area (Å²) in [4.78, 5) is 8.84. The summed E-state index contributed by atoms with van der Waals surface area (Å²) in [7, 11) is 4.79. The van der Waals surface area contributed by atoms with Crippen molar-refractivity contribution in [2.75, 3.05) is 26.6 Å². The van der Waals surface area contributed by atoms with Crippen molar-refractivity contribution in [3.8, 4) is 11.5 Å². The van der Waals surface area contributed by atoms with Crippen molar-refractivity contribution >= 4 is 22.5 Å². The van der Waals surface area contributed by atoms with Crippen LogP contribution in [0.2, 0.25) is 0 Å². The number of H-pyrrole nitrogens is 1. The van der Waals surface area contributed by atoms with Gasteiger partial charge in [0.15, 0.2) is 23.1 Å². The Morgan fingerprint density at radius 3 is 2.65 bits per heavy atom. The molecule has 0 saturated heterocycles. The molecule has 0 fully saturated rings. The maximum atomic E-state index is 5.31. The summed E-state index contributed by atoms with van der Waals surface area (Å²) in [6.45, 7) is 0.321. The molecule has 0 aliphatic heterocycles. The zero-order chi connectivity index (χ0) is 16.2. The fourth-order valence-electron chi connectivity index (χ4n) is 2.22. The minimum absolute atomic E-state index is 0.321. The van der Waals surface area contributed by atoms with Gasteiger partial charge in [0, 0.05) is 18.9 Å². The summed E-state index contributed by atoms with van der Waals surface area (Å²) in [5.41, 5.74) is 2.25. The molecular formula is C15H17N5O3. The van der Waals surface area contributed by atoms with E-state index in [-0.39, 0.29) is 0 Å². The van der Waals surface area contributed by atoms with Crippen LogP contribution in [0.1, 0.15) is 5.82 Å². The first kappa shape index (κ1) is 15.0. The second-order valence-electron chi connectivity index (χ2n) is 4.75. The first-order chi connectivity index (χ1) is 11.2. The van der Waals surface area contributed by atoms with Crippen molar-refractivity contribution in [3.05, 3.63) is 30.2 Å². The molecule has 23 heavy (non-hydrogen) atoms. The average molecular weight is 315 g/mol. The van der Waals surface area contributed by atoms with E-state index in [0.717, 1.165) is 16.7 Å². The van der Waals surface area contributed by atoms with Crippen molar-refractivity contribution in [2.24, 2.45) is 0 Å². The van der Waals surface area contributed by atoms with Gasteiger partial charge in [0.25, 0.3) is 0 Å². The van der Waals surface area contributed by atoms with E-state index in [1.807, 2.05) is 18.2 Å². The molecule has 8 heteroatoms. The fraction of sp³-hybridized carbons (Fsp3) is 0.267. The van der Waals surface area contributed by atoms with Crippen LogP contribution in [0.5, 0.6) is 11.5 Å². The molecule has 0 aliphatic rings. The highest BCUT2D eigenvalue weighted by atomic mass is 16.5. The van der Waals surface area contributed by atoms with Crippen molar-refractivity contribution in [1.29, 1.82) is 0 Å². The van der Waals surface area contributed by atoms with Crippen LogP contribution in [0.15, 0.2) is 24.4 Å². The Morgan fingerprint density at radius 1 is 1.09 bits per heavy atom. The predicted molar refractivity (Wildman–Crippen MR) is 85.2 cm³/mol. The monoisotopic (exact) mass is 315 g/mol. The second-order valence-corrected chi connectivity index (χ2v) is 4.75. The van der Waals surface area contributed by atoms with Crippen LogP contribution in [0.4, 0.5) is 11.5 Å². The van der Waals surface area contributed by atoms with Gasteiger partial charge in [-0.05, 0) is 12.1 Å². The molecule has 0 amide bonds. The van der Waals surface area contributed by atoms with E-state index in [4.69, 9.17) is 14.2 Å². The Morgan fingerprint density at radius 2 is 1.91 bits per heavy atom. The lowest BCUT2D eigenvalue weighted by Gasteiger charge is -2.12. The van der Waals surface area contributed by atoms with Gasteiger partial charge in [-0.15, -0.1) is 0 Å². The summed E-state index contributed by atoms with van der Waals surface area (Å²) >= 11 is 0. The lowest BCUT2D eigenvalue weighted by Crippen LogP contribution is -2.02. The van der Waals surface area contributed by atoms with Crippen molar-refractivity contribution in [1.82, 2.24) is 20.2 Å². The van der Waals surface area contributed by atoms with Gasteiger partial charge in [-0.3, -0.25) is 5.10 Å². The topological polar surface area (TPSA) is 94.2 Å². The van der Waals surface area contributed by atoms with Gasteiger partial charge in [-0.2, -0.15) is 5.10 Å². The van der Waals surface area contributed by atoms with E-state index < -0.39 is 0 Å². The number of fused-ring (bicyclic) bond motifs is 1. The summed E-state index contributed by atoms with van der Waals surface area (Å²) in [6.07, 6.45) is 1.65. The van der Waals surface area contributed by atoms with Crippen molar-refractivity contribution in [2.45, 2.75) is 6.61 Å². The largest absolute Gasteiger partial charge is 0.493 e. The summed E-state index contributed by atoms with van der Waals surface area (Å²) in [5.74, 6) is 2.48. The number of ether oxygens (including phenoxy) is 3. The SMILES string of the molecule is COCc1nc(Nc2ccc(OC)c(OC)c2)c2[nH]ncc2n1. The zero-order valence-corrected chi connectivity index (χ0v) is 13.1. The van der Waals surface area contributed by atoms with E-state index in [0.29, 0.717) is 29.7 Å². The molecular weight excluding hydrogens is 298 g/mol. The molecule has 0 unspecified atom stereocenters. The Balaban J connectivity index is 1.98. The van der Waals surface area contributed by atoms with Gasteiger partial charge in [-0.25, -0.2) is 9.97 Å². The Bertz CT molecular complexity index is 818. The molecule has 0 aliphatic carbocycles. The van der Waals surface area contributed by atoms with Crippen LogP contribution in [-0.2, 0) is 11.3 Å². The molecule has 2 heterocycles. The van der Waals surface area contributed by atoms with Gasteiger partial charge >= 0.3 is 0 Å². The van der Waals surface area contributed by atoms with Gasteiger partial charge in [-0.1, -0.05) is 0 Å². The lowest BCUT2D eigenvalue weighted by atomic mass is 10.2. The Hall–Kier alpha value is -2.87. The third kappa shape index (κ3) is 3.02. The van der Waals surface area contributed by atoms with Crippen LogP contribution in [0.3, 0.4) is 0 Å². The maximum absolute atomic E-state index is 5.31. The molecule has 0 radical (unpaired) electrons. The van der Waals surface area contributed by atoms with Gasteiger partial charge in [0.2, 0.25) is 0 Å². The number of nitrogens with zero attached hydrogens (tertiary/aromatic N) is 3. The maximum Gasteiger partial charge on any atom is 0.162 e. The Labute approximate surface area is 132 Å². The summed E-state index contributed by atoms with van der Waals surface area (Å²) in [5, 5.41) is 10.2. The molecule has 0 saturated carbocycles. The average Bonchev–Trinajstić information content (AvgIpc) is 3.04. The highest BCUT2D eigenvalue weighted by molar-refractivity contribution is 5.86. The highest BCUT2D eigenvalue weighted by Crippen LogP contribution is 2.31. The minimum Gasteiger partial charge on any atom is -0.493 e. The van der Waals surface area contributed by atoms with Crippen LogP contribution in [-0.4, -0.2) is 41.5 Å². The first-order valence-corrected chi connectivity index (χ1v) is 6.93. The number of anilines is 2. The molecule has 2 aromatic heterocycles. The van der Waals surface area contributed by atoms with E-state index in [2.05, 4.69) is 25.5 Å². The number of nitrogens with one attached hydrogen (secondary N) is 2. The number of methoxy groups -OCH3 is 3. The molecule has 3 rings (SSSR count). The quantitative estimate of drug-likeness (QED) is 0.720. The number of hydrogen-bond donors (Lipinski definition) is 2. The second kappa shape index (κ2) is 6.49. The number of benzene rings is 1. The molecule has 0 atom stereocenters. The first-order valence-electron chi connectivity index (χ1n) is 6.93. The predicted octanol–water partition coefficient (Wildman–Crippen LogP) is 2.26. The zero-order valence-electron chi connectivity index (χ0n) is 13.1. The fourth-order valence-corrected chi connectivity index (χ4v) is 2.22. The van der Waals surface area contributed by atoms with Gasteiger partial charge < -0.3 is 19.5 Å². The number of aromatic amines is 1. The molecule has 3 aromatic rings. The van der Waals surface area contributed by atoms with E-state index in [1.54, 1.807) is 27.5 Å². The summed E-state index contributed by atoms with van der Waals surface area (Å²) in [6, 6.07) is 5.53. The minimum atomic E-state index is 0.321. The van der Waals surface area contributed by atoms with Crippen LogP contribution in [0, 0.1) is 0 Å². The van der Waals surface area contributed by atoms with E-state index in [9.17, 15) is 0 Å². The van der Waals surface area contributed by atoms with Crippen LogP contribution >= 0.6 is 0 Å². The van der Waals surface area contributed by atoms with E-state index >= 15 is 0 Å². The highest BCUT2D eigenvalue weighted by Gasteiger charge is 2.11. The molecule has 8 nitrogen and oxygen atoms in total. The third-order valence-corrected chi connectivity index (χ3v) is 3.27. The molecule has 0 spiro atoms. The standard InChI is InChI=1S/C15H17N5O3/c1-21-8-13-18-10-7-16-20-14(10)15(19-13)17-9-4-5-11(22-2)12(6-9)23-3/h4-7H,8H2,1-3H3,(H,16,20)(H,17,18,19). The van der Waals surface area contributed by atoms with Gasteiger partial charge in [0.1, 0.15) is 17.6 Å².